The first kappa shape index (κ1) is 79.1. The summed E-state index contributed by atoms with van der Waals surface area (Å²) in [5.41, 5.74) is 27.7. The highest BCUT2D eigenvalue weighted by Crippen LogP contribution is 2.28. The Balaban J connectivity index is 0.969. The predicted molar refractivity (Wildman–Crippen MR) is 399 cm³/mol. The van der Waals surface area contributed by atoms with E-state index < -0.39 is 77.2 Å². The van der Waals surface area contributed by atoms with Crippen molar-refractivity contribution in [2.45, 2.75) is 107 Å². The number of carbonyl (C=O) groups excluding carboxylic acids is 8. The maximum Gasteiger partial charge on any atom is 0.326 e. The molecule has 0 saturated heterocycles. The average Bonchev–Trinajstić information content (AvgIpc) is 1.53. The van der Waals surface area contributed by atoms with Crippen molar-refractivity contribution in [1.82, 2.24) is 47.2 Å². The highest BCUT2D eigenvalue weighted by molar-refractivity contribution is 6.04. The predicted octanol–water partition coefficient (Wildman–Crippen LogP) is 4.31. The molecule has 0 unspecified atom stereocenters. The molecule has 558 valence electrons. The molecule has 0 radical (unpaired) electrons. The van der Waals surface area contributed by atoms with Gasteiger partial charge in [-0.25, -0.2) is 4.79 Å². The zero-order valence-electron chi connectivity index (χ0n) is 59.3. The number of Topliss-reactive ketones (excluding diaryl/α,β-unsaturated/α-hetero) is 4. The molecule has 0 saturated carbocycles. The molecule has 30 nitrogen and oxygen atoms in total. The number of guanidine groups is 3. The summed E-state index contributed by atoms with van der Waals surface area (Å²) in [4.78, 5) is 133. The fraction of sp³-hybridized carbons (Fsp3) is 0.316. The largest absolute Gasteiger partial charge is 0.496 e. The van der Waals surface area contributed by atoms with E-state index in [1.165, 1.54) is 70.9 Å². The van der Waals surface area contributed by atoms with Gasteiger partial charge in [0.2, 0.25) is 0 Å². The van der Waals surface area contributed by atoms with Gasteiger partial charge in [-0.05, 0) is 139 Å². The zero-order valence-corrected chi connectivity index (χ0v) is 59.3. The SMILES string of the molecule is COc1ccc(CC(=O)[C@@H](CCCNC(=N)N)NC(=O)c2cc(CC(=O)[C@@H](CCCNC(=N)N)NC(=O)c3cc(CC(=O)[C@@H](CCCNC(=N)N)NC(=O)c4cc(CC(=O)[C@H](N)Cc5c[nH]c6ccccc56)ccc4OC)ccc3OC)ccc2OC)cc1C(=O)N[C@H](Cc1c[nH]c2ccccc12)C(=O)O. The minimum Gasteiger partial charge on any atom is -0.496 e. The number of hydrogen-bond acceptors (Lipinski definition) is 17. The van der Waals surface area contributed by atoms with Crippen LogP contribution in [0.15, 0.2) is 134 Å². The fourth-order valence-corrected chi connectivity index (χ4v) is 12.3. The summed E-state index contributed by atoms with van der Waals surface area (Å²) in [6.45, 7) is 0.484. The van der Waals surface area contributed by atoms with Crippen molar-refractivity contribution < 1.29 is 67.2 Å². The fourth-order valence-electron chi connectivity index (χ4n) is 12.3. The smallest absolute Gasteiger partial charge is 0.326 e. The van der Waals surface area contributed by atoms with Gasteiger partial charge in [-0.1, -0.05) is 60.7 Å². The molecule has 0 aliphatic rings. The van der Waals surface area contributed by atoms with Gasteiger partial charge in [0, 0.05) is 85.9 Å². The van der Waals surface area contributed by atoms with Crippen LogP contribution in [0.3, 0.4) is 0 Å². The number of nitrogens with two attached hydrogens (primary N) is 4. The van der Waals surface area contributed by atoms with Gasteiger partial charge in [0.15, 0.2) is 41.0 Å². The van der Waals surface area contributed by atoms with Crippen LogP contribution >= 0.6 is 0 Å². The number of carboxylic acids is 1. The first-order valence-electron chi connectivity index (χ1n) is 34.2. The second kappa shape index (κ2) is 38.1. The monoisotopic (exact) mass is 1450 g/mol. The van der Waals surface area contributed by atoms with E-state index in [0.29, 0.717) is 27.8 Å². The van der Waals surface area contributed by atoms with Crippen LogP contribution in [0.4, 0.5) is 0 Å². The summed E-state index contributed by atoms with van der Waals surface area (Å²) in [7, 11) is 5.38. The molecule has 21 N–H and O–H groups in total. The molecule has 2 heterocycles. The third-order valence-corrected chi connectivity index (χ3v) is 17.8. The topological polar surface area (TPSA) is 502 Å². The van der Waals surface area contributed by atoms with E-state index in [1.54, 1.807) is 36.5 Å². The molecule has 106 heavy (non-hydrogen) atoms. The summed E-state index contributed by atoms with van der Waals surface area (Å²) >= 11 is 0. The zero-order chi connectivity index (χ0) is 76.6. The number of aromatic nitrogens is 2. The quantitative estimate of drug-likeness (QED) is 0.0144. The number of aromatic amines is 2. The third kappa shape index (κ3) is 22.0. The molecule has 0 spiro atoms. The van der Waals surface area contributed by atoms with Crippen molar-refractivity contribution in [3.63, 3.8) is 0 Å². The lowest BCUT2D eigenvalue weighted by Gasteiger charge is -2.21. The Morgan fingerprint density at radius 2 is 0.708 bits per heavy atom. The molecule has 0 aliphatic carbocycles. The second-order valence-corrected chi connectivity index (χ2v) is 25.3. The van der Waals surface area contributed by atoms with E-state index in [4.69, 9.17) is 58.1 Å². The highest BCUT2D eigenvalue weighted by Gasteiger charge is 2.31. The molecular weight excluding hydrogens is 1360 g/mol. The van der Waals surface area contributed by atoms with Crippen molar-refractivity contribution >= 4 is 92.4 Å². The summed E-state index contributed by atoms with van der Waals surface area (Å²) in [6, 6.07) is 27.3. The molecule has 4 amide bonds. The van der Waals surface area contributed by atoms with E-state index in [1.807, 2.05) is 54.7 Å². The number of carboxylic acid groups (broad SMARTS) is 1. The lowest BCUT2D eigenvalue weighted by Crippen LogP contribution is -2.43. The molecule has 6 aromatic carbocycles. The van der Waals surface area contributed by atoms with E-state index in [0.717, 1.165) is 27.4 Å². The van der Waals surface area contributed by atoms with Crippen LogP contribution in [0.5, 0.6) is 23.0 Å². The van der Waals surface area contributed by atoms with Gasteiger partial charge in [-0.15, -0.1) is 0 Å². The minimum atomic E-state index is -1.36. The molecule has 30 heteroatoms. The maximum atomic E-state index is 14.6. The van der Waals surface area contributed by atoms with Crippen molar-refractivity contribution in [2.24, 2.45) is 22.9 Å². The molecule has 0 aliphatic heterocycles. The number of aliphatic carboxylic acids is 1. The Morgan fingerprint density at radius 3 is 1.01 bits per heavy atom. The number of methoxy groups -OCH3 is 4. The number of ketones is 4. The molecule has 2 aromatic heterocycles. The summed E-state index contributed by atoms with van der Waals surface area (Å²) in [6.07, 6.45) is 3.51. The van der Waals surface area contributed by atoms with E-state index >= 15 is 0 Å². The number of H-pyrrole nitrogens is 2. The maximum absolute atomic E-state index is 14.6. The molecule has 0 bridgehead atoms. The molecule has 8 aromatic rings. The molecule has 5 atom stereocenters. The highest BCUT2D eigenvalue weighted by atomic mass is 16.5. The molecular formula is C76H90N16O14. The number of ether oxygens (including phenoxy) is 4. The standard InChI is InChI=1S/C76H90N16O14/c1-103-65-23-19-42(34-61(93)54(77)38-46-40-87-55-14-7-5-12-48(46)55)30-50(65)69(97)89-57(16-9-27-84-74(78)79)62(94)35-43-20-24-66(104-2)51(31-43)70(98)90-58(17-10-28-85-75(80)81)63(95)36-44-21-25-67(105-3)52(32-44)71(99)91-59(18-11-29-86-76(82)83)64(96)37-45-22-26-68(106-4)53(33-45)72(100)92-60(73(101)102)39-47-41-88-56-15-8-6-13-49(47)56/h5-8,12-15,19-26,30-33,40-41,54,57-60,87-88H,9-11,16-18,27-29,34-39,77H2,1-4H3,(H,89,97)(H,90,98)(H,91,99)(H,92,100)(H,101,102)(H4,78,79,84)(H4,80,81,85)(H4,82,83,86)/t54-,57-,58-,59-,60-/m1/s1. The number of amides is 4. The van der Waals surface area contributed by atoms with E-state index in [9.17, 15) is 48.3 Å². The van der Waals surface area contributed by atoms with E-state index in [2.05, 4.69) is 47.2 Å². The van der Waals surface area contributed by atoms with Gasteiger partial charge in [0.1, 0.15) is 29.0 Å². The number of nitrogens with one attached hydrogen (secondary N) is 12. The van der Waals surface area contributed by atoms with Crippen LogP contribution in [0.1, 0.15) is 113 Å². The van der Waals surface area contributed by atoms with Crippen molar-refractivity contribution in [2.75, 3.05) is 48.1 Å². The molecule has 0 fully saturated rings. The van der Waals surface area contributed by atoms with Gasteiger partial charge in [-0.3, -0.25) is 54.6 Å². The number of rotatable bonds is 41. The van der Waals surface area contributed by atoms with Crippen LogP contribution in [0, 0.1) is 16.2 Å². The van der Waals surface area contributed by atoms with Crippen LogP contribution in [-0.4, -0.2) is 164 Å². The summed E-state index contributed by atoms with van der Waals surface area (Å²) < 4.78 is 22.3. The van der Waals surface area contributed by atoms with Crippen molar-refractivity contribution in [1.29, 1.82) is 16.2 Å². The number of fused-ring (bicyclic) bond motifs is 2. The van der Waals surface area contributed by atoms with Crippen LogP contribution < -0.4 is 79.1 Å². The van der Waals surface area contributed by atoms with E-state index in [-0.39, 0.29) is 166 Å². The van der Waals surface area contributed by atoms with Gasteiger partial charge < -0.3 is 94.2 Å². The average molecular weight is 1450 g/mol. The minimum absolute atomic E-state index is 0.0232. The molecule has 8 rings (SSSR count). The van der Waals surface area contributed by atoms with Crippen molar-refractivity contribution in [3.05, 3.63) is 189 Å². The first-order valence-corrected chi connectivity index (χ1v) is 34.2. The number of hydrogen-bond donors (Lipinski definition) is 17. The van der Waals surface area contributed by atoms with Crippen molar-refractivity contribution in [3.8, 4) is 23.0 Å². The van der Waals surface area contributed by atoms with Crippen LogP contribution in [-0.2, 0) is 62.5 Å². The van der Waals surface area contributed by atoms with Gasteiger partial charge in [0.25, 0.3) is 23.6 Å². The first-order chi connectivity index (χ1) is 50.9. The summed E-state index contributed by atoms with van der Waals surface area (Å²) in [5, 5.41) is 54.1. The third-order valence-electron chi connectivity index (χ3n) is 17.8. The number of benzene rings is 6. The second-order valence-electron chi connectivity index (χ2n) is 25.3. The number of carbonyl (C=O) groups is 9. The van der Waals surface area contributed by atoms with Crippen LogP contribution in [0.25, 0.3) is 21.8 Å². The Hall–Kier alpha value is -12.6. The van der Waals surface area contributed by atoms with Gasteiger partial charge in [-0.2, -0.15) is 0 Å². The normalized spacial score (nSPS) is 12.4. The summed E-state index contributed by atoms with van der Waals surface area (Å²) in [5.74, 6) is -6.54. The Kier molecular flexibility index (Phi) is 28.4. The van der Waals surface area contributed by atoms with Gasteiger partial charge in [0.05, 0.1) is 74.9 Å². The van der Waals surface area contributed by atoms with Crippen LogP contribution in [0.2, 0.25) is 0 Å². The lowest BCUT2D eigenvalue weighted by molar-refractivity contribution is -0.139. The van der Waals surface area contributed by atoms with Gasteiger partial charge >= 0.3 is 5.97 Å². The number of para-hydroxylation sites is 2. The Morgan fingerprint density at radius 1 is 0.415 bits per heavy atom. The Bertz CT molecular complexity index is 4570. The Labute approximate surface area is 611 Å². The lowest BCUT2D eigenvalue weighted by atomic mass is 9.96.